The minimum Gasteiger partial charge on any atom is -0.756 e. The van der Waals surface area contributed by atoms with Crippen LogP contribution in [0.1, 0.15) is 129 Å². The Hall–Kier alpha value is -1.02. The van der Waals surface area contributed by atoms with Crippen molar-refractivity contribution < 1.29 is 32.9 Å². The van der Waals surface area contributed by atoms with E-state index in [1.807, 2.05) is 34.1 Å². The summed E-state index contributed by atoms with van der Waals surface area (Å²) in [4.78, 5) is 24.8. The predicted molar refractivity (Wildman–Crippen MR) is 173 cm³/mol. The van der Waals surface area contributed by atoms with Gasteiger partial charge in [-0.2, -0.15) is 0 Å². The molecule has 0 aliphatic rings. The first-order valence-electron chi connectivity index (χ1n) is 16.7. The zero-order chi connectivity index (χ0) is 31.5. The van der Waals surface area contributed by atoms with Crippen molar-refractivity contribution >= 4 is 13.7 Å². The van der Waals surface area contributed by atoms with Gasteiger partial charge in [-0.3, -0.25) is 9.36 Å². The lowest BCUT2D eigenvalue weighted by molar-refractivity contribution is -0.870. The second-order valence-corrected chi connectivity index (χ2v) is 13.9. The molecule has 248 valence electrons. The number of amides is 1. The van der Waals surface area contributed by atoms with E-state index in [2.05, 4.69) is 24.4 Å². The number of aliphatic hydroxyl groups is 1. The highest BCUT2D eigenvalue weighted by Crippen LogP contribution is 2.38. The second kappa shape index (κ2) is 26.4. The number of phosphoric ester groups is 1. The van der Waals surface area contributed by atoms with Gasteiger partial charge >= 0.3 is 0 Å². The van der Waals surface area contributed by atoms with Gasteiger partial charge < -0.3 is 28.8 Å². The Balaban J connectivity index is 4.19. The monoisotopic (exact) mass is 616 g/mol. The van der Waals surface area contributed by atoms with Gasteiger partial charge in [0, 0.05) is 6.42 Å². The van der Waals surface area contributed by atoms with Crippen molar-refractivity contribution in [3.8, 4) is 0 Å². The van der Waals surface area contributed by atoms with E-state index in [4.69, 9.17) is 9.05 Å². The lowest BCUT2D eigenvalue weighted by Gasteiger charge is -2.29. The topological polar surface area (TPSA) is 108 Å². The van der Waals surface area contributed by atoms with E-state index in [0.29, 0.717) is 17.4 Å². The van der Waals surface area contributed by atoms with Crippen molar-refractivity contribution in [1.82, 2.24) is 5.32 Å². The number of aliphatic hydroxyl groups excluding tert-OH is 1. The Morgan fingerprint density at radius 1 is 0.810 bits per heavy atom. The van der Waals surface area contributed by atoms with Crippen LogP contribution in [0.25, 0.3) is 0 Å². The molecule has 0 aliphatic heterocycles. The highest BCUT2D eigenvalue weighted by Gasteiger charge is 2.23. The molecule has 42 heavy (non-hydrogen) atoms. The van der Waals surface area contributed by atoms with E-state index in [1.54, 1.807) is 6.08 Å². The van der Waals surface area contributed by atoms with Crippen LogP contribution in [-0.4, -0.2) is 68.5 Å². The lowest BCUT2D eigenvalue weighted by atomic mass is 10.1. The van der Waals surface area contributed by atoms with Crippen LogP contribution in [-0.2, 0) is 18.4 Å². The number of carbonyl (C=O) groups is 1. The van der Waals surface area contributed by atoms with E-state index in [0.717, 1.165) is 32.1 Å². The fraction of sp³-hybridized carbons (Fsp3) is 0.848. The van der Waals surface area contributed by atoms with Crippen molar-refractivity contribution in [2.24, 2.45) is 0 Å². The molecule has 0 rings (SSSR count). The summed E-state index contributed by atoms with van der Waals surface area (Å²) in [7, 11) is 1.25. The number of nitrogens with one attached hydrogen (secondary N) is 1. The van der Waals surface area contributed by atoms with Crippen molar-refractivity contribution in [3.63, 3.8) is 0 Å². The molecule has 3 unspecified atom stereocenters. The fourth-order valence-corrected chi connectivity index (χ4v) is 5.11. The first-order valence-corrected chi connectivity index (χ1v) is 18.2. The molecular weight excluding hydrogens is 551 g/mol. The molecule has 0 aromatic rings. The summed E-state index contributed by atoms with van der Waals surface area (Å²) in [5, 5.41) is 13.3. The molecule has 8 nitrogen and oxygen atoms in total. The third-order valence-corrected chi connectivity index (χ3v) is 8.10. The minimum absolute atomic E-state index is 0.00336. The van der Waals surface area contributed by atoms with Crippen molar-refractivity contribution in [1.29, 1.82) is 0 Å². The average molecular weight is 617 g/mol. The van der Waals surface area contributed by atoms with Gasteiger partial charge in [0.15, 0.2) is 0 Å². The molecule has 0 saturated heterocycles. The van der Waals surface area contributed by atoms with E-state index in [9.17, 15) is 19.4 Å². The van der Waals surface area contributed by atoms with Gasteiger partial charge in [0.1, 0.15) is 13.2 Å². The van der Waals surface area contributed by atoms with Crippen LogP contribution in [0.5, 0.6) is 0 Å². The van der Waals surface area contributed by atoms with Crippen LogP contribution >= 0.6 is 7.82 Å². The average Bonchev–Trinajstić information content (AvgIpc) is 2.92. The number of quaternary nitrogens is 1. The van der Waals surface area contributed by atoms with E-state index in [-0.39, 0.29) is 19.1 Å². The number of hydrogen-bond donors (Lipinski definition) is 2. The lowest BCUT2D eigenvalue weighted by Crippen LogP contribution is -2.45. The van der Waals surface area contributed by atoms with Crippen molar-refractivity contribution in [2.75, 3.05) is 40.9 Å². The maximum absolute atomic E-state index is 12.6. The summed E-state index contributed by atoms with van der Waals surface area (Å²) >= 11 is 0. The summed E-state index contributed by atoms with van der Waals surface area (Å²) in [5.41, 5.74) is 0. The van der Waals surface area contributed by atoms with Gasteiger partial charge in [-0.05, 0) is 38.5 Å². The molecule has 0 aliphatic carbocycles. The third-order valence-electron chi connectivity index (χ3n) is 7.14. The first-order chi connectivity index (χ1) is 20.0. The van der Waals surface area contributed by atoms with E-state index < -0.39 is 20.0 Å². The van der Waals surface area contributed by atoms with Gasteiger partial charge in [0.2, 0.25) is 5.91 Å². The first kappa shape index (κ1) is 41.0. The largest absolute Gasteiger partial charge is 0.756 e. The summed E-state index contributed by atoms with van der Waals surface area (Å²) in [5.74, 6) is -0.217. The normalized spacial score (nSPS) is 15.3. The summed E-state index contributed by atoms with van der Waals surface area (Å²) in [6.45, 7) is 4.39. The fourth-order valence-electron chi connectivity index (χ4n) is 4.39. The van der Waals surface area contributed by atoms with Gasteiger partial charge in [0.25, 0.3) is 7.82 Å². The van der Waals surface area contributed by atoms with Gasteiger partial charge in [-0.15, -0.1) is 0 Å². The smallest absolute Gasteiger partial charge is 0.268 e. The highest BCUT2D eigenvalue weighted by atomic mass is 31.2. The molecule has 1 amide bonds. The number of nitrogens with zero attached hydrogens (tertiary/aromatic N) is 1. The molecule has 0 aromatic carbocycles. The van der Waals surface area contributed by atoms with Crippen LogP contribution in [0.3, 0.4) is 0 Å². The molecule has 0 saturated carbocycles. The summed E-state index contributed by atoms with van der Waals surface area (Å²) in [6, 6.07) is -0.880. The minimum atomic E-state index is -4.55. The Bertz CT molecular complexity index is 753. The van der Waals surface area contributed by atoms with Crippen LogP contribution in [0.4, 0.5) is 0 Å². The van der Waals surface area contributed by atoms with Crippen LogP contribution < -0.4 is 10.2 Å². The molecule has 0 aromatic heterocycles. The number of rotatable bonds is 29. The van der Waals surface area contributed by atoms with Crippen molar-refractivity contribution in [3.05, 3.63) is 24.3 Å². The SMILES string of the molecule is CCC/C=C/C(O)C(COP(=O)([O-])OCC[N+](C)(C)C)NC(=O)CCCCCCCCC/C=C\CCCCCCCC. The molecular formula is C33H65N2O6P. The number of hydrogen-bond acceptors (Lipinski definition) is 6. The maximum atomic E-state index is 12.6. The Morgan fingerprint density at radius 2 is 1.36 bits per heavy atom. The van der Waals surface area contributed by atoms with E-state index in [1.165, 1.54) is 77.0 Å². The van der Waals surface area contributed by atoms with Crippen LogP contribution in [0, 0.1) is 0 Å². The Morgan fingerprint density at radius 3 is 1.90 bits per heavy atom. The van der Waals surface area contributed by atoms with Crippen LogP contribution in [0.15, 0.2) is 24.3 Å². The quantitative estimate of drug-likeness (QED) is 0.0398. The number of unbranched alkanes of at least 4 members (excludes halogenated alkanes) is 14. The molecule has 0 bridgehead atoms. The number of allylic oxidation sites excluding steroid dienone is 3. The van der Waals surface area contributed by atoms with E-state index >= 15 is 0 Å². The Labute approximate surface area is 258 Å². The summed E-state index contributed by atoms with van der Waals surface area (Å²) < 4.78 is 22.7. The second-order valence-electron chi connectivity index (χ2n) is 12.5. The molecule has 0 heterocycles. The third kappa shape index (κ3) is 27.8. The van der Waals surface area contributed by atoms with Gasteiger partial charge in [-0.1, -0.05) is 109 Å². The molecule has 0 spiro atoms. The summed E-state index contributed by atoms with van der Waals surface area (Å²) in [6.07, 6.45) is 27.3. The number of likely N-dealkylation sites (N-methyl/N-ethyl adjacent to an activating group) is 1. The zero-order valence-electron chi connectivity index (χ0n) is 27.7. The Kier molecular flexibility index (Phi) is 25.7. The molecule has 9 heteroatoms. The molecule has 0 radical (unpaired) electrons. The highest BCUT2D eigenvalue weighted by molar-refractivity contribution is 7.45. The van der Waals surface area contributed by atoms with Crippen LogP contribution in [0.2, 0.25) is 0 Å². The zero-order valence-corrected chi connectivity index (χ0v) is 28.6. The van der Waals surface area contributed by atoms with Crippen molar-refractivity contribution in [2.45, 2.75) is 142 Å². The maximum Gasteiger partial charge on any atom is 0.268 e. The number of phosphoric acid groups is 1. The molecule has 2 N–H and O–H groups in total. The molecule has 3 atom stereocenters. The molecule has 0 fully saturated rings. The van der Waals surface area contributed by atoms with Gasteiger partial charge in [0.05, 0.1) is 39.9 Å². The predicted octanol–water partition coefficient (Wildman–Crippen LogP) is 7.21. The standard InChI is InChI=1S/C33H65N2O6P/c1-6-8-10-11-12-13-14-15-16-17-18-19-20-21-22-23-25-27-33(37)34-31(32(36)26-24-9-7-2)30-41-42(38,39)40-29-28-35(3,4)5/h15-16,24,26,31-32,36H,6-14,17-23,25,27-30H2,1-5H3,(H-,34,37,38,39)/b16-15-,26-24+. The number of carbonyl (C=O) groups excluding carboxylic acids is 1. The van der Waals surface area contributed by atoms with Gasteiger partial charge in [-0.25, -0.2) is 0 Å².